The number of amides is 1. The van der Waals surface area contributed by atoms with Crippen LogP contribution in [0.1, 0.15) is 36.1 Å². The third kappa shape index (κ3) is 7.09. The van der Waals surface area contributed by atoms with Crippen molar-refractivity contribution in [3.8, 4) is 17.3 Å². The molecule has 0 bridgehead atoms. The van der Waals surface area contributed by atoms with Gasteiger partial charge in [-0.05, 0) is 39.0 Å². The molecule has 4 rings (SSSR count). The number of nitrogen functional groups attached to an aromatic ring is 1. The second-order valence-corrected chi connectivity index (χ2v) is 11.3. The number of fused-ring (bicyclic) bond motifs is 1. The molecule has 1 aromatic carbocycles. The summed E-state index contributed by atoms with van der Waals surface area (Å²) < 4.78 is 6.74. The SMILES string of the molecule is CC(C)(C)OC(=O)CNC(=O)c1cc2c(NCCNc3nc(N)c(C#N)s3)nc(-c3ccc(Cl)cc3Cl)cn2n1. The number of esters is 1. The van der Waals surface area contributed by atoms with E-state index in [0.717, 1.165) is 11.3 Å². The van der Waals surface area contributed by atoms with Crippen LogP contribution in [0, 0.1) is 11.3 Å². The average Bonchev–Trinajstić information content (AvgIpc) is 3.47. The van der Waals surface area contributed by atoms with Gasteiger partial charge in [0.05, 0.1) is 16.9 Å². The highest BCUT2D eigenvalue weighted by atomic mass is 35.5. The summed E-state index contributed by atoms with van der Waals surface area (Å²) in [5.74, 6) is -0.511. The van der Waals surface area contributed by atoms with E-state index in [1.807, 2.05) is 6.07 Å². The van der Waals surface area contributed by atoms with E-state index >= 15 is 0 Å². The molecule has 3 aromatic heterocycles. The van der Waals surface area contributed by atoms with Gasteiger partial charge in [0, 0.05) is 29.7 Å². The summed E-state index contributed by atoms with van der Waals surface area (Å²) in [6, 6.07) is 8.59. The molecule has 15 heteroatoms. The topological polar surface area (TPSA) is 172 Å². The zero-order valence-electron chi connectivity index (χ0n) is 21.7. The largest absolute Gasteiger partial charge is 0.459 e. The Hall–Kier alpha value is -4.12. The maximum atomic E-state index is 12.8. The van der Waals surface area contributed by atoms with Crippen molar-refractivity contribution < 1.29 is 14.3 Å². The molecule has 0 aliphatic carbocycles. The van der Waals surface area contributed by atoms with Crippen molar-refractivity contribution in [2.75, 3.05) is 36.0 Å². The zero-order chi connectivity index (χ0) is 29.0. The predicted molar refractivity (Wildman–Crippen MR) is 155 cm³/mol. The summed E-state index contributed by atoms with van der Waals surface area (Å²) in [5, 5.41) is 23.7. The van der Waals surface area contributed by atoms with Crippen molar-refractivity contribution in [3.63, 3.8) is 0 Å². The molecular weight excluding hydrogens is 577 g/mol. The van der Waals surface area contributed by atoms with Gasteiger partial charge in [0.25, 0.3) is 5.91 Å². The molecule has 0 atom stereocenters. The molecular formula is C25H25Cl2N9O3S. The maximum absolute atomic E-state index is 12.8. The summed E-state index contributed by atoms with van der Waals surface area (Å²) in [4.78, 5) is 34.0. The van der Waals surface area contributed by atoms with Crippen LogP contribution in [0.25, 0.3) is 16.8 Å². The number of nitriles is 1. The molecule has 0 unspecified atom stereocenters. The van der Waals surface area contributed by atoms with E-state index < -0.39 is 17.5 Å². The lowest BCUT2D eigenvalue weighted by molar-refractivity contribution is -0.153. The van der Waals surface area contributed by atoms with E-state index in [9.17, 15) is 9.59 Å². The van der Waals surface area contributed by atoms with Crippen LogP contribution >= 0.6 is 34.5 Å². The van der Waals surface area contributed by atoms with Crippen LogP contribution in [-0.2, 0) is 9.53 Å². The van der Waals surface area contributed by atoms with Crippen LogP contribution in [0.5, 0.6) is 0 Å². The highest BCUT2D eigenvalue weighted by Gasteiger charge is 2.20. The van der Waals surface area contributed by atoms with Gasteiger partial charge in [-0.2, -0.15) is 10.4 Å². The summed E-state index contributed by atoms with van der Waals surface area (Å²) >= 11 is 13.7. The first-order valence-electron chi connectivity index (χ1n) is 11.9. The standard InChI is InChI=1S/C25H25Cl2N9O3S/c1-25(2,3)39-20(37)11-32-23(38)16-9-18-22(30-6-7-31-24-34-21(29)19(10-28)40-24)33-17(12-36(18)35-16)14-5-4-13(26)8-15(14)27/h4-5,8-9,12H,6-7,11,29H2,1-3H3,(H,30,33)(H,31,34)(H,32,38). The molecule has 4 aromatic rings. The van der Waals surface area contributed by atoms with Crippen molar-refractivity contribution in [3.05, 3.63) is 51.1 Å². The van der Waals surface area contributed by atoms with E-state index in [4.69, 9.17) is 43.9 Å². The number of benzene rings is 1. The van der Waals surface area contributed by atoms with Crippen molar-refractivity contribution in [2.24, 2.45) is 0 Å². The maximum Gasteiger partial charge on any atom is 0.325 e. The van der Waals surface area contributed by atoms with Crippen molar-refractivity contribution >= 4 is 68.7 Å². The number of rotatable bonds is 9. The number of ether oxygens (including phenoxy) is 1. The Balaban J connectivity index is 1.57. The molecule has 5 N–H and O–H groups in total. The van der Waals surface area contributed by atoms with Gasteiger partial charge < -0.3 is 26.4 Å². The fourth-order valence-electron chi connectivity index (χ4n) is 3.52. The molecule has 40 heavy (non-hydrogen) atoms. The predicted octanol–water partition coefficient (Wildman–Crippen LogP) is 4.21. The molecule has 0 aliphatic heterocycles. The number of halogens is 2. The van der Waals surface area contributed by atoms with Crippen LogP contribution < -0.4 is 21.7 Å². The molecule has 0 radical (unpaired) electrons. The minimum Gasteiger partial charge on any atom is -0.459 e. The molecule has 0 aliphatic rings. The van der Waals surface area contributed by atoms with Crippen LogP contribution in [0.4, 0.5) is 16.8 Å². The number of carbonyl (C=O) groups is 2. The van der Waals surface area contributed by atoms with Gasteiger partial charge in [-0.15, -0.1) is 0 Å². The second kappa shape index (κ2) is 12.0. The van der Waals surface area contributed by atoms with E-state index in [1.165, 1.54) is 4.52 Å². The summed E-state index contributed by atoms with van der Waals surface area (Å²) in [5.41, 5.74) is 6.74. The highest BCUT2D eigenvalue weighted by Crippen LogP contribution is 2.31. The monoisotopic (exact) mass is 601 g/mol. The van der Waals surface area contributed by atoms with Gasteiger partial charge in [-0.1, -0.05) is 34.5 Å². The van der Waals surface area contributed by atoms with Crippen molar-refractivity contribution in [2.45, 2.75) is 26.4 Å². The summed E-state index contributed by atoms with van der Waals surface area (Å²) in [6.45, 7) is 5.74. The molecule has 0 saturated carbocycles. The Morgan fingerprint density at radius 1 is 1.18 bits per heavy atom. The van der Waals surface area contributed by atoms with Crippen LogP contribution in [0.3, 0.4) is 0 Å². The Kier molecular flexibility index (Phi) is 8.63. The summed E-state index contributed by atoms with van der Waals surface area (Å²) in [6.07, 6.45) is 1.64. The minimum absolute atomic E-state index is 0.0770. The van der Waals surface area contributed by atoms with E-state index in [-0.39, 0.29) is 18.1 Å². The van der Waals surface area contributed by atoms with Crippen molar-refractivity contribution in [1.29, 1.82) is 5.26 Å². The molecule has 0 fully saturated rings. The van der Waals surface area contributed by atoms with E-state index in [2.05, 4.69) is 26.0 Å². The number of nitrogens with two attached hydrogens (primary N) is 1. The molecule has 0 spiro atoms. The average molecular weight is 603 g/mol. The number of hydrogen-bond acceptors (Lipinski definition) is 11. The number of carbonyl (C=O) groups excluding carboxylic acids is 2. The van der Waals surface area contributed by atoms with Gasteiger partial charge in [-0.3, -0.25) is 9.59 Å². The van der Waals surface area contributed by atoms with Gasteiger partial charge in [0.1, 0.15) is 28.6 Å². The number of thiazole rings is 1. The Morgan fingerprint density at radius 2 is 1.93 bits per heavy atom. The summed E-state index contributed by atoms with van der Waals surface area (Å²) in [7, 11) is 0. The van der Waals surface area contributed by atoms with E-state index in [0.29, 0.717) is 55.7 Å². The van der Waals surface area contributed by atoms with Gasteiger partial charge in [-0.25, -0.2) is 14.5 Å². The second-order valence-electron chi connectivity index (χ2n) is 9.43. The van der Waals surface area contributed by atoms with E-state index in [1.54, 1.807) is 51.2 Å². The fourth-order valence-corrected chi connectivity index (χ4v) is 4.73. The lowest BCUT2D eigenvalue weighted by atomic mass is 10.1. The third-order valence-corrected chi connectivity index (χ3v) is 6.64. The fraction of sp³-hybridized carbons (Fsp3) is 0.280. The normalized spacial score (nSPS) is 11.2. The molecule has 0 saturated heterocycles. The molecule has 12 nitrogen and oxygen atoms in total. The van der Waals surface area contributed by atoms with Gasteiger partial charge >= 0.3 is 5.97 Å². The first-order chi connectivity index (χ1) is 18.9. The molecule has 208 valence electrons. The Labute approximate surface area is 243 Å². The molecule has 3 heterocycles. The lowest BCUT2D eigenvalue weighted by Crippen LogP contribution is -2.34. The minimum atomic E-state index is -0.671. The zero-order valence-corrected chi connectivity index (χ0v) is 24.0. The highest BCUT2D eigenvalue weighted by molar-refractivity contribution is 7.16. The van der Waals surface area contributed by atoms with Crippen molar-refractivity contribution in [1.82, 2.24) is 24.9 Å². The first kappa shape index (κ1) is 28.9. The molecule has 1 amide bonds. The number of aromatic nitrogens is 4. The van der Waals surface area contributed by atoms with Crippen LogP contribution in [0.15, 0.2) is 30.5 Å². The number of nitrogens with one attached hydrogen (secondary N) is 3. The Bertz CT molecular complexity index is 1620. The Morgan fingerprint density at radius 3 is 2.60 bits per heavy atom. The number of nitrogens with zero attached hydrogens (tertiary/aromatic N) is 5. The van der Waals surface area contributed by atoms with Gasteiger partial charge in [0.2, 0.25) is 0 Å². The lowest BCUT2D eigenvalue weighted by Gasteiger charge is -2.19. The number of anilines is 3. The van der Waals surface area contributed by atoms with Crippen LogP contribution in [0.2, 0.25) is 10.0 Å². The smallest absolute Gasteiger partial charge is 0.325 e. The third-order valence-electron chi connectivity index (χ3n) is 5.16. The van der Waals surface area contributed by atoms with Crippen LogP contribution in [-0.4, -0.2) is 56.7 Å². The number of hydrogen-bond donors (Lipinski definition) is 4. The van der Waals surface area contributed by atoms with Gasteiger partial charge in [0.15, 0.2) is 22.5 Å². The quantitative estimate of drug-likeness (QED) is 0.161. The first-order valence-corrected chi connectivity index (χ1v) is 13.5.